The zero-order chi connectivity index (χ0) is 28.3. The molecule has 21 heteroatoms. The minimum absolute atomic E-state index is 0.0822. The number of halogens is 18. The highest BCUT2D eigenvalue weighted by molar-refractivity contribution is 7.68. The van der Waals surface area contributed by atoms with Gasteiger partial charge in [0, 0.05) is 5.69 Å². The number of para-hydroxylation sites is 1. The Balaban J connectivity index is 4.08. The average Bonchev–Trinajstić information content (AvgIpc) is 2.65. The molecule has 2 nitrogen and oxygen atoms in total. The predicted molar refractivity (Wildman–Crippen MR) is 79.5 cm³/mol. The van der Waals surface area contributed by atoms with Gasteiger partial charge in [-0.05, 0) is 12.1 Å². The van der Waals surface area contributed by atoms with Gasteiger partial charge in [0.15, 0.2) is 0 Å². The number of anilines is 1. The molecule has 1 rings (SSSR count). The first-order chi connectivity index (χ1) is 15.1. The Morgan fingerprint density at radius 1 is 0.486 bits per heavy atom. The minimum Gasteiger partial charge on any atom is -0.327 e. The van der Waals surface area contributed by atoms with Crippen molar-refractivity contribution in [3.8, 4) is 0 Å². The van der Waals surface area contributed by atoms with E-state index in [1.165, 1.54) is 0 Å². The second kappa shape index (κ2) is 8.26. The molecule has 0 amide bonds. The summed E-state index contributed by atoms with van der Waals surface area (Å²) in [6, 6.07) is 1.99. The van der Waals surface area contributed by atoms with Crippen molar-refractivity contribution < 1.29 is 83.6 Å². The zero-order valence-corrected chi connectivity index (χ0v) is 16.4. The topological polar surface area (TPSA) is 29.1 Å². The molecular formula is C14H6F18NOP. The molecule has 1 N–H and O–H groups in total. The quantitative estimate of drug-likeness (QED) is 0.249. The Kier molecular flexibility index (Phi) is 7.32. The van der Waals surface area contributed by atoms with Gasteiger partial charge >= 0.3 is 54.7 Å². The van der Waals surface area contributed by atoms with Gasteiger partial charge < -0.3 is 5.09 Å². The van der Waals surface area contributed by atoms with E-state index < -0.39 is 60.3 Å². The van der Waals surface area contributed by atoms with Crippen LogP contribution in [0.1, 0.15) is 0 Å². The van der Waals surface area contributed by atoms with Crippen molar-refractivity contribution >= 4 is 13.0 Å². The molecule has 0 aliphatic carbocycles. The molecule has 0 aliphatic rings. The summed E-state index contributed by atoms with van der Waals surface area (Å²) < 4.78 is 250. The fourth-order valence-electron chi connectivity index (χ4n) is 2.14. The molecule has 204 valence electrons. The standard InChI is InChI=1S/C14H6F18NOP/c15-7(16,11(23,24)25)9(19,20)13(29,30)35(34,33-6-4-2-1-3-5-6)14(31,32)10(21,22)8(17,18)12(26,27)28/h1-5H,(H,33,34). The molecule has 1 aromatic carbocycles. The SMILES string of the molecule is O=P(Nc1ccccc1)(C(F)(F)C(F)(F)C(F)(F)C(F)(F)F)C(F)(F)C(F)(F)C(F)(F)C(F)(F)F. The summed E-state index contributed by atoms with van der Waals surface area (Å²) >= 11 is 0. The number of hydrogen-bond donors (Lipinski definition) is 1. The molecule has 1 aromatic rings. The Morgan fingerprint density at radius 3 is 1.03 bits per heavy atom. The van der Waals surface area contributed by atoms with Crippen LogP contribution in [0.4, 0.5) is 84.7 Å². The van der Waals surface area contributed by atoms with Crippen molar-refractivity contribution in [2.45, 2.75) is 47.4 Å². The third-order valence-electron chi connectivity index (χ3n) is 4.11. The van der Waals surface area contributed by atoms with Crippen LogP contribution in [0, 0.1) is 0 Å². The fraction of sp³-hybridized carbons (Fsp3) is 0.571. The van der Waals surface area contributed by atoms with Crippen molar-refractivity contribution in [2.24, 2.45) is 0 Å². The zero-order valence-electron chi connectivity index (χ0n) is 15.5. The van der Waals surface area contributed by atoms with E-state index in [0.29, 0.717) is 12.1 Å². The first kappa shape index (κ1) is 31.0. The summed E-state index contributed by atoms with van der Waals surface area (Å²) in [5.41, 5.74) is -18.3. The van der Waals surface area contributed by atoms with E-state index in [1.54, 1.807) is 0 Å². The summed E-state index contributed by atoms with van der Waals surface area (Å²) in [5.74, 6) is -33.1. The maximum absolute atomic E-state index is 14.3. The lowest BCUT2D eigenvalue weighted by Crippen LogP contribution is -2.66. The van der Waals surface area contributed by atoms with Crippen LogP contribution in [0.2, 0.25) is 0 Å². The van der Waals surface area contributed by atoms with Crippen molar-refractivity contribution in [1.82, 2.24) is 0 Å². The summed E-state index contributed by atoms with van der Waals surface area (Å²) in [6.07, 6.45) is -15.6. The van der Waals surface area contributed by atoms with Crippen LogP contribution in [0.3, 0.4) is 0 Å². The lowest BCUT2D eigenvalue weighted by molar-refractivity contribution is -0.390. The van der Waals surface area contributed by atoms with E-state index in [9.17, 15) is 83.6 Å². The lowest BCUT2D eigenvalue weighted by Gasteiger charge is -2.43. The van der Waals surface area contributed by atoms with Gasteiger partial charge in [0.2, 0.25) is 0 Å². The van der Waals surface area contributed by atoms with Crippen molar-refractivity contribution in [3.63, 3.8) is 0 Å². The molecule has 0 heterocycles. The highest BCUT2D eigenvalue weighted by Gasteiger charge is 2.94. The average molecular weight is 577 g/mol. The van der Waals surface area contributed by atoms with Crippen molar-refractivity contribution in [1.29, 1.82) is 0 Å². The van der Waals surface area contributed by atoms with Crippen molar-refractivity contribution in [2.75, 3.05) is 5.09 Å². The van der Waals surface area contributed by atoms with E-state index in [4.69, 9.17) is 0 Å². The van der Waals surface area contributed by atoms with Crippen LogP contribution in [-0.4, -0.2) is 47.4 Å². The highest BCUT2D eigenvalue weighted by Crippen LogP contribution is 2.79. The number of rotatable bonds is 8. The van der Waals surface area contributed by atoms with E-state index >= 15 is 0 Å². The van der Waals surface area contributed by atoms with E-state index in [2.05, 4.69) is 0 Å². The third-order valence-corrected chi connectivity index (χ3v) is 6.82. The first-order valence-corrected chi connectivity index (χ1v) is 9.62. The lowest BCUT2D eigenvalue weighted by atomic mass is 10.1. The third kappa shape index (κ3) is 4.18. The summed E-state index contributed by atoms with van der Waals surface area (Å²) in [4.78, 5) is 0. The summed E-state index contributed by atoms with van der Waals surface area (Å²) in [6.45, 7) is 0. The Labute approximate surface area is 180 Å². The van der Waals surface area contributed by atoms with Crippen LogP contribution in [0.25, 0.3) is 0 Å². The maximum atomic E-state index is 14.3. The van der Waals surface area contributed by atoms with Crippen LogP contribution in [-0.2, 0) is 4.57 Å². The minimum atomic E-state index is -9.30. The number of nitrogens with one attached hydrogen (secondary N) is 1. The predicted octanol–water partition coefficient (Wildman–Crippen LogP) is 8.23. The van der Waals surface area contributed by atoms with Gasteiger partial charge in [-0.3, -0.25) is 4.57 Å². The summed E-state index contributed by atoms with van der Waals surface area (Å²) in [7, 11) is -9.30. The van der Waals surface area contributed by atoms with Crippen molar-refractivity contribution in [3.05, 3.63) is 30.3 Å². The van der Waals surface area contributed by atoms with Gasteiger partial charge in [-0.25, -0.2) is 0 Å². The maximum Gasteiger partial charge on any atom is 0.460 e. The molecule has 0 spiro atoms. The van der Waals surface area contributed by atoms with E-state index in [0.717, 1.165) is 6.07 Å². The number of alkyl halides is 18. The molecule has 35 heavy (non-hydrogen) atoms. The van der Waals surface area contributed by atoms with Crippen LogP contribution >= 0.6 is 7.29 Å². The normalized spacial score (nSPS) is 15.8. The highest BCUT2D eigenvalue weighted by atomic mass is 31.2. The van der Waals surface area contributed by atoms with Gasteiger partial charge in [-0.2, -0.15) is 79.0 Å². The Hall–Kier alpha value is -2.01. The molecule has 0 aliphatic heterocycles. The van der Waals surface area contributed by atoms with Gasteiger partial charge in [-0.15, -0.1) is 0 Å². The molecule has 0 radical (unpaired) electrons. The number of hydrogen-bond acceptors (Lipinski definition) is 1. The Bertz CT molecular complexity index is 896. The molecule has 0 bridgehead atoms. The molecule has 0 unspecified atom stereocenters. The molecule has 0 aromatic heterocycles. The Morgan fingerprint density at radius 2 is 0.771 bits per heavy atom. The van der Waals surface area contributed by atoms with Gasteiger partial charge in [0.05, 0.1) is 0 Å². The van der Waals surface area contributed by atoms with Gasteiger partial charge in [-0.1, -0.05) is 18.2 Å². The largest absolute Gasteiger partial charge is 0.460 e. The van der Waals surface area contributed by atoms with Gasteiger partial charge in [0.1, 0.15) is 0 Å². The van der Waals surface area contributed by atoms with Gasteiger partial charge in [0.25, 0.3) is 0 Å². The van der Waals surface area contributed by atoms with Crippen LogP contribution in [0.15, 0.2) is 30.3 Å². The monoisotopic (exact) mass is 577 g/mol. The molecule has 0 saturated heterocycles. The van der Waals surface area contributed by atoms with E-state index in [1.807, 2.05) is 0 Å². The van der Waals surface area contributed by atoms with E-state index in [-0.39, 0.29) is 17.2 Å². The summed E-state index contributed by atoms with van der Waals surface area (Å²) in [5, 5.41) is -0.111. The second-order valence-electron chi connectivity index (χ2n) is 6.46. The molecule has 0 atom stereocenters. The molecule has 0 fully saturated rings. The second-order valence-corrected chi connectivity index (χ2v) is 9.03. The molecule has 0 saturated carbocycles. The first-order valence-electron chi connectivity index (χ1n) is 7.92. The van der Waals surface area contributed by atoms with Crippen LogP contribution in [0.5, 0.6) is 0 Å². The number of benzene rings is 1. The van der Waals surface area contributed by atoms with Crippen LogP contribution < -0.4 is 5.09 Å². The smallest absolute Gasteiger partial charge is 0.327 e. The molecular weight excluding hydrogens is 571 g/mol. The fourth-order valence-corrected chi connectivity index (χ4v) is 4.36.